The molecule has 0 unspecified atom stereocenters. The first kappa shape index (κ1) is 17.4. The van der Waals surface area contributed by atoms with Crippen molar-refractivity contribution >= 4 is 29.2 Å². The zero-order chi connectivity index (χ0) is 15.9. The van der Waals surface area contributed by atoms with Gasteiger partial charge in [-0.3, -0.25) is 9.69 Å². The summed E-state index contributed by atoms with van der Waals surface area (Å²) in [5, 5.41) is 1.04. The fraction of sp³-hybridized carbons (Fsp3) is 0.562. The van der Waals surface area contributed by atoms with Gasteiger partial charge < -0.3 is 9.47 Å². The molecule has 0 radical (unpaired) electrons. The number of esters is 1. The molecule has 22 heavy (non-hydrogen) atoms. The molecule has 1 saturated heterocycles. The van der Waals surface area contributed by atoms with Gasteiger partial charge in [0.25, 0.3) is 0 Å². The molecule has 2 rings (SSSR count). The molecule has 6 heteroatoms. The number of carbonyl (C=O) groups excluding carboxylic acids is 1. The van der Waals surface area contributed by atoms with Crippen molar-refractivity contribution in [1.29, 1.82) is 0 Å². The summed E-state index contributed by atoms with van der Waals surface area (Å²) in [5.41, 5.74) is 0. The average Bonchev–Trinajstić information content (AvgIpc) is 2.51. The third kappa shape index (κ3) is 4.77. The summed E-state index contributed by atoms with van der Waals surface area (Å²) in [6.07, 6.45) is 1.68. The number of carbonyl (C=O) groups is 1. The van der Waals surface area contributed by atoms with Crippen LogP contribution in [0, 0.1) is 5.92 Å². The van der Waals surface area contributed by atoms with Gasteiger partial charge in [-0.2, -0.15) is 0 Å². The van der Waals surface area contributed by atoms with Crippen LogP contribution in [0.1, 0.15) is 19.8 Å². The standard InChI is InChI=1S/C16H21Cl2NO3/c1-2-21-16(20)12-6-8-19(9-7-12)10-11-22-15-13(17)4-3-5-14(15)18/h3-5,12H,2,6-11H2,1H3. The van der Waals surface area contributed by atoms with E-state index < -0.39 is 0 Å². The van der Waals surface area contributed by atoms with Crippen molar-refractivity contribution in [1.82, 2.24) is 4.90 Å². The molecule has 1 aliphatic heterocycles. The first-order valence-corrected chi connectivity index (χ1v) is 8.33. The number of rotatable bonds is 6. The van der Waals surface area contributed by atoms with E-state index in [0.717, 1.165) is 32.5 Å². The van der Waals surface area contributed by atoms with E-state index in [9.17, 15) is 4.79 Å². The summed E-state index contributed by atoms with van der Waals surface area (Å²) in [7, 11) is 0. The Morgan fingerprint density at radius 1 is 1.27 bits per heavy atom. The highest BCUT2D eigenvalue weighted by atomic mass is 35.5. The van der Waals surface area contributed by atoms with Gasteiger partial charge in [0, 0.05) is 6.54 Å². The lowest BCUT2D eigenvalue weighted by Gasteiger charge is -2.30. The van der Waals surface area contributed by atoms with E-state index in [4.69, 9.17) is 32.7 Å². The zero-order valence-electron chi connectivity index (χ0n) is 12.7. The molecule has 0 aromatic heterocycles. The molecule has 0 N–H and O–H groups in total. The Balaban J connectivity index is 1.72. The molecule has 0 saturated carbocycles. The van der Waals surface area contributed by atoms with Crippen LogP contribution in [0.15, 0.2) is 18.2 Å². The lowest BCUT2D eigenvalue weighted by Crippen LogP contribution is -2.39. The molecule has 122 valence electrons. The predicted molar refractivity (Wildman–Crippen MR) is 87.8 cm³/mol. The van der Waals surface area contributed by atoms with Crippen LogP contribution in [0.25, 0.3) is 0 Å². The monoisotopic (exact) mass is 345 g/mol. The molecule has 0 aliphatic carbocycles. The van der Waals surface area contributed by atoms with Crippen LogP contribution >= 0.6 is 23.2 Å². The number of benzene rings is 1. The number of nitrogens with zero attached hydrogens (tertiary/aromatic N) is 1. The van der Waals surface area contributed by atoms with Gasteiger partial charge in [-0.1, -0.05) is 29.3 Å². The van der Waals surface area contributed by atoms with Gasteiger partial charge in [0.15, 0.2) is 5.75 Å². The van der Waals surface area contributed by atoms with Gasteiger partial charge in [-0.25, -0.2) is 0 Å². The van der Waals surface area contributed by atoms with E-state index in [0.29, 0.717) is 29.0 Å². The van der Waals surface area contributed by atoms with E-state index in [-0.39, 0.29) is 11.9 Å². The predicted octanol–water partition coefficient (Wildman–Crippen LogP) is 3.65. The van der Waals surface area contributed by atoms with Crippen LogP contribution in [-0.2, 0) is 9.53 Å². The molecular formula is C16H21Cl2NO3. The molecule has 0 spiro atoms. The second-order valence-electron chi connectivity index (χ2n) is 5.27. The fourth-order valence-corrected chi connectivity index (χ4v) is 3.06. The number of ether oxygens (including phenoxy) is 2. The normalized spacial score (nSPS) is 16.5. The number of piperidine rings is 1. The van der Waals surface area contributed by atoms with Crippen molar-refractivity contribution in [2.45, 2.75) is 19.8 Å². The Kier molecular flexibility index (Phi) is 6.80. The van der Waals surface area contributed by atoms with Crippen molar-refractivity contribution in [2.75, 3.05) is 32.8 Å². The van der Waals surface area contributed by atoms with Gasteiger partial charge in [0.2, 0.25) is 0 Å². The van der Waals surface area contributed by atoms with E-state index >= 15 is 0 Å². The SMILES string of the molecule is CCOC(=O)C1CCN(CCOc2c(Cl)cccc2Cl)CC1. The zero-order valence-corrected chi connectivity index (χ0v) is 14.2. The number of hydrogen-bond acceptors (Lipinski definition) is 4. The van der Waals surface area contributed by atoms with Crippen LogP contribution in [0.5, 0.6) is 5.75 Å². The van der Waals surface area contributed by atoms with Crippen molar-refractivity contribution in [3.05, 3.63) is 28.2 Å². The second-order valence-corrected chi connectivity index (χ2v) is 6.08. The topological polar surface area (TPSA) is 38.8 Å². The summed E-state index contributed by atoms with van der Waals surface area (Å²) >= 11 is 12.1. The summed E-state index contributed by atoms with van der Waals surface area (Å²) in [4.78, 5) is 14.0. The first-order valence-electron chi connectivity index (χ1n) is 7.57. The third-order valence-corrected chi connectivity index (χ3v) is 4.38. The Morgan fingerprint density at radius 2 is 1.91 bits per heavy atom. The van der Waals surface area contributed by atoms with Crippen LogP contribution in [0.2, 0.25) is 10.0 Å². The van der Waals surface area contributed by atoms with Gasteiger partial charge >= 0.3 is 5.97 Å². The second kappa shape index (κ2) is 8.61. The molecule has 1 aliphatic rings. The molecule has 1 aromatic carbocycles. The van der Waals surface area contributed by atoms with Crippen LogP contribution < -0.4 is 4.74 Å². The van der Waals surface area contributed by atoms with Gasteiger partial charge in [-0.05, 0) is 45.0 Å². The number of halogens is 2. The summed E-state index contributed by atoms with van der Waals surface area (Å²) < 4.78 is 10.8. The third-order valence-electron chi connectivity index (χ3n) is 3.78. The van der Waals surface area contributed by atoms with E-state index in [1.807, 2.05) is 6.92 Å². The first-order chi connectivity index (χ1) is 10.6. The van der Waals surface area contributed by atoms with Crippen molar-refractivity contribution in [2.24, 2.45) is 5.92 Å². The molecule has 1 aromatic rings. The van der Waals surface area contributed by atoms with E-state index in [1.165, 1.54) is 0 Å². The number of hydrogen-bond donors (Lipinski definition) is 0. The maximum absolute atomic E-state index is 11.7. The highest BCUT2D eigenvalue weighted by Crippen LogP contribution is 2.32. The Hall–Kier alpha value is -0.970. The van der Waals surface area contributed by atoms with Crippen LogP contribution in [0.4, 0.5) is 0 Å². The van der Waals surface area contributed by atoms with E-state index in [1.54, 1.807) is 18.2 Å². The largest absolute Gasteiger partial charge is 0.489 e. The summed E-state index contributed by atoms with van der Waals surface area (Å²) in [6.45, 7) is 5.35. The lowest BCUT2D eigenvalue weighted by molar-refractivity contribution is -0.149. The Morgan fingerprint density at radius 3 is 2.50 bits per heavy atom. The maximum Gasteiger partial charge on any atom is 0.309 e. The molecule has 0 bridgehead atoms. The molecule has 0 atom stereocenters. The van der Waals surface area contributed by atoms with Crippen LogP contribution in [0.3, 0.4) is 0 Å². The highest BCUT2D eigenvalue weighted by molar-refractivity contribution is 6.37. The maximum atomic E-state index is 11.7. The quantitative estimate of drug-likeness (QED) is 0.737. The smallest absolute Gasteiger partial charge is 0.309 e. The summed E-state index contributed by atoms with van der Waals surface area (Å²) in [5.74, 6) is 0.503. The number of para-hydroxylation sites is 1. The number of likely N-dealkylation sites (tertiary alicyclic amines) is 1. The summed E-state index contributed by atoms with van der Waals surface area (Å²) in [6, 6.07) is 5.30. The minimum atomic E-state index is -0.0683. The van der Waals surface area contributed by atoms with Gasteiger partial charge in [0.1, 0.15) is 6.61 Å². The van der Waals surface area contributed by atoms with Crippen molar-refractivity contribution in [3.8, 4) is 5.75 Å². The van der Waals surface area contributed by atoms with Crippen LogP contribution in [-0.4, -0.2) is 43.7 Å². The minimum Gasteiger partial charge on any atom is -0.489 e. The molecule has 1 fully saturated rings. The van der Waals surface area contributed by atoms with E-state index in [2.05, 4.69) is 4.90 Å². The van der Waals surface area contributed by atoms with Gasteiger partial charge in [0.05, 0.1) is 22.6 Å². The Labute approximate surface area is 141 Å². The Bertz CT molecular complexity index is 482. The van der Waals surface area contributed by atoms with Gasteiger partial charge in [-0.15, -0.1) is 0 Å². The minimum absolute atomic E-state index is 0.0372. The van der Waals surface area contributed by atoms with Crippen molar-refractivity contribution in [3.63, 3.8) is 0 Å². The lowest BCUT2D eigenvalue weighted by atomic mass is 9.97. The fourth-order valence-electron chi connectivity index (χ4n) is 2.55. The molecule has 4 nitrogen and oxygen atoms in total. The molecule has 1 heterocycles. The average molecular weight is 346 g/mol. The van der Waals surface area contributed by atoms with Crippen molar-refractivity contribution < 1.29 is 14.3 Å². The molecular weight excluding hydrogens is 325 g/mol. The molecule has 0 amide bonds. The highest BCUT2D eigenvalue weighted by Gasteiger charge is 2.25.